The van der Waals surface area contributed by atoms with Crippen LogP contribution in [0.25, 0.3) is 0 Å². The normalized spacial score (nSPS) is 20.2. The Kier molecular flexibility index (Phi) is 2.65. The number of hydrogen-bond donors (Lipinski definition) is 1. The number of rotatable bonds is 1. The molecule has 0 saturated carbocycles. The molecule has 1 N–H and O–H groups in total. The van der Waals surface area contributed by atoms with Crippen LogP contribution in [0.5, 0.6) is 5.75 Å². The van der Waals surface area contributed by atoms with Crippen LogP contribution in [0.3, 0.4) is 0 Å². The minimum Gasteiger partial charge on any atom is -0.483 e. The summed E-state index contributed by atoms with van der Waals surface area (Å²) in [6, 6.07) is 5.92. The molecule has 1 atom stereocenters. The summed E-state index contributed by atoms with van der Waals surface area (Å²) in [5.41, 5.74) is 1.06. The van der Waals surface area contributed by atoms with Crippen molar-refractivity contribution in [1.82, 2.24) is 0 Å². The predicted molar refractivity (Wildman–Crippen MR) is 58.9 cm³/mol. The number of benzene rings is 1. The topological polar surface area (TPSA) is 32.7 Å². The Labute approximate surface area is 91.4 Å². The summed E-state index contributed by atoms with van der Waals surface area (Å²) in [5.74, 6) is 0.820. The fraction of sp³-hybridized carbons (Fsp3) is 0.400. The van der Waals surface area contributed by atoms with Crippen molar-refractivity contribution >= 4 is 21.6 Å². The van der Waals surface area contributed by atoms with E-state index in [1.807, 2.05) is 25.2 Å². The number of aliphatic hydroxyl groups is 1. The van der Waals surface area contributed by atoms with E-state index >= 15 is 0 Å². The summed E-state index contributed by atoms with van der Waals surface area (Å²) in [7, 11) is 2.00. The zero-order valence-corrected chi connectivity index (χ0v) is 9.49. The molecule has 0 aromatic heterocycles. The van der Waals surface area contributed by atoms with Crippen molar-refractivity contribution < 1.29 is 9.84 Å². The summed E-state index contributed by atoms with van der Waals surface area (Å²) in [6.07, 6.45) is -0.133. The van der Waals surface area contributed by atoms with Gasteiger partial charge in [-0.3, -0.25) is 0 Å². The lowest BCUT2D eigenvalue weighted by Crippen LogP contribution is -2.39. The zero-order valence-electron chi connectivity index (χ0n) is 7.90. The highest BCUT2D eigenvalue weighted by Gasteiger charge is 2.24. The van der Waals surface area contributed by atoms with Crippen LogP contribution in [0.4, 0.5) is 5.69 Å². The molecule has 0 saturated heterocycles. The molecule has 0 radical (unpaired) electrons. The zero-order chi connectivity index (χ0) is 10.1. The quantitative estimate of drug-likeness (QED) is 0.831. The minimum atomic E-state index is -0.133. The standard InChI is InChI=1S/C10H12BrNO2/c1-12-5-7(6-13)14-10-8(11)3-2-4-9(10)12/h2-4,7,13H,5-6H2,1H3. The second-order valence-electron chi connectivity index (χ2n) is 3.39. The van der Waals surface area contributed by atoms with Crippen molar-refractivity contribution in [3.05, 3.63) is 22.7 Å². The Hall–Kier alpha value is -0.740. The molecule has 4 heteroatoms. The van der Waals surface area contributed by atoms with Crippen LogP contribution >= 0.6 is 15.9 Å². The second kappa shape index (κ2) is 3.79. The van der Waals surface area contributed by atoms with Crippen LogP contribution in [0.2, 0.25) is 0 Å². The number of likely N-dealkylation sites (N-methyl/N-ethyl adjacent to an activating group) is 1. The molecule has 0 spiro atoms. The van der Waals surface area contributed by atoms with Gasteiger partial charge in [0.1, 0.15) is 6.10 Å². The molecule has 1 unspecified atom stereocenters. The van der Waals surface area contributed by atoms with E-state index in [0.717, 1.165) is 22.5 Å². The lowest BCUT2D eigenvalue weighted by atomic mass is 10.2. The van der Waals surface area contributed by atoms with Crippen LogP contribution in [0.1, 0.15) is 0 Å². The summed E-state index contributed by atoms with van der Waals surface area (Å²) < 4.78 is 6.57. The van der Waals surface area contributed by atoms with Gasteiger partial charge in [0, 0.05) is 7.05 Å². The van der Waals surface area contributed by atoms with Gasteiger partial charge >= 0.3 is 0 Å². The first-order valence-electron chi connectivity index (χ1n) is 4.49. The summed E-state index contributed by atoms with van der Waals surface area (Å²) in [6.45, 7) is 0.769. The van der Waals surface area contributed by atoms with E-state index < -0.39 is 0 Å². The second-order valence-corrected chi connectivity index (χ2v) is 4.25. The molecule has 1 aromatic carbocycles. The fourth-order valence-corrected chi connectivity index (χ4v) is 2.07. The highest BCUT2D eigenvalue weighted by Crippen LogP contribution is 2.38. The van der Waals surface area contributed by atoms with Gasteiger partial charge in [-0.15, -0.1) is 0 Å². The third-order valence-corrected chi connectivity index (χ3v) is 2.95. The van der Waals surface area contributed by atoms with E-state index in [1.54, 1.807) is 0 Å². The first-order chi connectivity index (χ1) is 6.72. The number of aliphatic hydroxyl groups excluding tert-OH is 1. The van der Waals surface area contributed by atoms with Gasteiger partial charge in [-0.05, 0) is 28.1 Å². The third kappa shape index (κ3) is 1.60. The smallest absolute Gasteiger partial charge is 0.157 e. The van der Waals surface area contributed by atoms with E-state index in [-0.39, 0.29) is 12.7 Å². The highest BCUT2D eigenvalue weighted by molar-refractivity contribution is 9.10. The van der Waals surface area contributed by atoms with Gasteiger partial charge in [-0.2, -0.15) is 0 Å². The van der Waals surface area contributed by atoms with Crippen molar-refractivity contribution in [2.24, 2.45) is 0 Å². The van der Waals surface area contributed by atoms with E-state index in [4.69, 9.17) is 9.84 Å². The van der Waals surface area contributed by atoms with Gasteiger partial charge in [-0.25, -0.2) is 0 Å². The number of halogens is 1. The van der Waals surface area contributed by atoms with Crippen molar-refractivity contribution in [3.8, 4) is 5.75 Å². The maximum Gasteiger partial charge on any atom is 0.157 e. The Morgan fingerprint density at radius 3 is 3.14 bits per heavy atom. The first-order valence-corrected chi connectivity index (χ1v) is 5.29. The van der Waals surface area contributed by atoms with Crippen molar-refractivity contribution in [1.29, 1.82) is 0 Å². The molecular weight excluding hydrogens is 246 g/mol. The average molecular weight is 258 g/mol. The van der Waals surface area contributed by atoms with E-state index in [1.165, 1.54) is 0 Å². The lowest BCUT2D eigenvalue weighted by molar-refractivity contribution is 0.113. The molecule has 76 valence electrons. The average Bonchev–Trinajstić information content (AvgIpc) is 2.19. The SMILES string of the molecule is CN1CC(CO)Oc2c(Br)cccc21. The monoisotopic (exact) mass is 257 g/mol. The number of anilines is 1. The Balaban J connectivity index is 2.40. The molecule has 0 fully saturated rings. The predicted octanol–water partition coefficient (Wildman–Crippen LogP) is 1.64. The molecular formula is C10H12BrNO2. The first kappa shape index (κ1) is 9.80. The molecule has 0 aliphatic carbocycles. The van der Waals surface area contributed by atoms with Gasteiger partial charge in [0.05, 0.1) is 23.3 Å². The van der Waals surface area contributed by atoms with Crippen LogP contribution in [0.15, 0.2) is 22.7 Å². The summed E-state index contributed by atoms with van der Waals surface area (Å²) in [5, 5.41) is 9.06. The number of para-hydroxylation sites is 1. The molecule has 1 heterocycles. The summed E-state index contributed by atoms with van der Waals surface area (Å²) in [4.78, 5) is 2.09. The van der Waals surface area contributed by atoms with E-state index in [2.05, 4.69) is 20.8 Å². The van der Waals surface area contributed by atoms with Crippen LogP contribution < -0.4 is 9.64 Å². The minimum absolute atomic E-state index is 0.0467. The molecule has 14 heavy (non-hydrogen) atoms. The van der Waals surface area contributed by atoms with Gasteiger partial charge in [0.15, 0.2) is 5.75 Å². The molecule has 1 aliphatic heterocycles. The number of hydrogen-bond acceptors (Lipinski definition) is 3. The van der Waals surface area contributed by atoms with Gasteiger partial charge in [0.25, 0.3) is 0 Å². The molecule has 0 amide bonds. The lowest BCUT2D eigenvalue weighted by Gasteiger charge is -2.33. The van der Waals surface area contributed by atoms with Crippen molar-refractivity contribution in [3.63, 3.8) is 0 Å². The fourth-order valence-electron chi connectivity index (χ4n) is 1.62. The summed E-state index contributed by atoms with van der Waals surface area (Å²) >= 11 is 3.43. The van der Waals surface area contributed by atoms with Crippen molar-refractivity contribution in [2.45, 2.75) is 6.10 Å². The van der Waals surface area contributed by atoms with E-state index in [9.17, 15) is 0 Å². The van der Waals surface area contributed by atoms with E-state index in [0.29, 0.717) is 0 Å². The third-order valence-electron chi connectivity index (χ3n) is 2.32. The number of ether oxygens (including phenoxy) is 1. The Morgan fingerprint density at radius 1 is 1.64 bits per heavy atom. The number of nitrogens with zero attached hydrogens (tertiary/aromatic N) is 1. The molecule has 1 aliphatic rings. The Bertz CT molecular complexity index is 343. The maximum absolute atomic E-state index is 9.06. The van der Waals surface area contributed by atoms with Gasteiger partial charge in [-0.1, -0.05) is 6.07 Å². The highest BCUT2D eigenvalue weighted by atomic mass is 79.9. The van der Waals surface area contributed by atoms with Gasteiger partial charge in [0.2, 0.25) is 0 Å². The van der Waals surface area contributed by atoms with Crippen LogP contribution in [-0.4, -0.2) is 31.4 Å². The molecule has 0 bridgehead atoms. The Morgan fingerprint density at radius 2 is 2.43 bits per heavy atom. The maximum atomic E-state index is 9.06. The molecule has 1 aromatic rings. The number of fused-ring (bicyclic) bond motifs is 1. The van der Waals surface area contributed by atoms with Crippen molar-refractivity contribution in [2.75, 3.05) is 25.1 Å². The van der Waals surface area contributed by atoms with Gasteiger partial charge < -0.3 is 14.7 Å². The van der Waals surface area contributed by atoms with Crippen LogP contribution in [0, 0.1) is 0 Å². The molecule has 3 nitrogen and oxygen atoms in total. The largest absolute Gasteiger partial charge is 0.483 e. The van der Waals surface area contributed by atoms with Crippen LogP contribution in [-0.2, 0) is 0 Å². The molecule has 2 rings (SSSR count).